The summed E-state index contributed by atoms with van der Waals surface area (Å²) >= 11 is 3.34. The molecule has 1 N–H and O–H groups in total. The lowest BCUT2D eigenvalue weighted by Gasteiger charge is -2.21. The van der Waals surface area contributed by atoms with Crippen molar-refractivity contribution in [1.29, 1.82) is 0 Å². The van der Waals surface area contributed by atoms with E-state index in [0.29, 0.717) is 18.8 Å². The third kappa shape index (κ3) is 7.37. The van der Waals surface area contributed by atoms with Gasteiger partial charge in [-0.25, -0.2) is 0 Å². The molecule has 0 atom stereocenters. The van der Waals surface area contributed by atoms with Gasteiger partial charge in [-0.2, -0.15) is 13.2 Å². The van der Waals surface area contributed by atoms with Crippen LogP contribution in [0.2, 0.25) is 0 Å². The molecule has 30 heavy (non-hydrogen) atoms. The molecule has 0 saturated heterocycles. The number of halogens is 4. The highest BCUT2D eigenvalue weighted by Crippen LogP contribution is 2.34. The molecule has 2 aromatic rings. The van der Waals surface area contributed by atoms with Crippen LogP contribution in [0.1, 0.15) is 25.3 Å². The van der Waals surface area contributed by atoms with E-state index in [1.54, 1.807) is 13.0 Å². The van der Waals surface area contributed by atoms with Crippen molar-refractivity contribution in [2.75, 3.05) is 25.0 Å². The van der Waals surface area contributed by atoms with E-state index in [0.717, 1.165) is 10.5 Å². The zero-order chi connectivity index (χ0) is 22.1. The zero-order valence-corrected chi connectivity index (χ0v) is 17.9. The van der Waals surface area contributed by atoms with E-state index in [1.165, 1.54) is 23.1 Å². The summed E-state index contributed by atoms with van der Waals surface area (Å²) in [6, 6.07) is 12.0. The number of likely N-dealkylation sites (N-methyl/N-ethyl adjacent to an activating group) is 1. The smallest absolute Gasteiger partial charge is 0.418 e. The second kappa shape index (κ2) is 11.0. The fraction of sp³-hybridized carbons (Fsp3) is 0.333. The Kier molecular flexibility index (Phi) is 8.71. The normalized spacial score (nSPS) is 11.1. The van der Waals surface area contributed by atoms with Gasteiger partial charge in [-0.05, 0) is 43.7 Å². The largest absolute Gasteiger partial charge is 0.494 e. The van der Waals surface area contributed by atoms with Crippen molar-refractivity contribution < 1.29 is 27.5 Å². The number of para-hydroxylation sites is 1. The van der Waals surface area contributed by atoms with Crippen LogP contribution >= 0.6 is 15.9 Å². The van der Waals surface area contributed by atoms with Crippen LogP contribution in [0.15, 0.2) is 53.0 Å². The molecule has 9 heteroatoms. The second-order valence-corrected chi connectivity index (χ2v) is 7.32. The number of alkyl halides is 3. The molecule has 0 saturated carbocycles. The maximum absolute atomic E-state index is 13.0. The number of rotatable bonds is 9. The van der Waals surface area contributed by atoms with E-state index in [4.69, 9.17) is 4.74 Å². The number of carbonyl (C=O) groups excluding carboxylic acids is 2. The van der Waals surface area contributed by atoms with Crippen molar-refractivity contribution in [2.24, 2.45) is 0 Å². The lowest BCUT2D eigenvalue weighted by molar-refractivity contribution is -0.137. The van der Waals surface area contributed by atoms with E-state index in [9.17, 15) is 22.8 Å². The van der Waals surface area contributed by atoms with Gasteiger partial charge in [-0.3, -0.25) is 9.59 Å². The molecule has 0 aliphatic rings. The van der Waals surface area contributed by atoms with Gasteiger partial charge in [0.05, 0.1) is 24.4 Å². The van der Waals surface area contributed by atoms with Gasteiger partial charge in [-0.15, -0.1) is 0 Å². The molecule has 0 bridgehead atoms. The Morgan fingerprint density at radius 1 is 1.13 bits per heavy atom. The van der Waals surface area contributed by atoms with E-state index >= 15 is 0 Å². The number of ether oxygens (including phenoxy) is 1. The number of amides is 2. The van der Waals surface area contributed by atoms with E-state index in [1.807, 2.05) is 18.2 Å². The van der Waals surface area contributed by atoms with E-state index < -0.39 is 17.6 Å². The number of anilines is 1. The molecule has 2 amide bonds. The molecule has 162 valence electrons. The SMILES string of the molecule is CCN(CC(=O)Nc1ccccc1C(F)(F)F)C(=O)CCCOc1cccc(Br)c1. The Labute approximate surface area is 181 Å². The van der Waals surface area contributed by atoms with Gasteiger partial charge in [0.2, 0.25) is 11.8 Å². The topological polar surface area (TPSA) is 58.6 Å². The first-order chi connectivity index (χ1) is 14.2. The predicted molar refractivity (Wildman–Crippen MR) is 111 cm³/mol. The number of benzene rings is 2. The summed E-state index contributed by atoms with van der Waals surface area (Å²) in [4.78, 5) is 25.9. The Hall–Kier alpha value is -2.55. The van der Waals surface area contributed by atoms with Gasteiger partial charge in [-0.1, -0.05) is 34.1 Å². The predicted octanol–water partition coefficient (Wildman–Crippen LogP) is 5.11. The van der Waals surface area contributed by atoms with Gasteiger partial charge >= 0.3 is 6.18 Å². The van der Waals surface area contributed by atoms with Gasteiger partial charge in [0, 0.05) is 17.4 Å². The average Bonchev–Trinajstić information content (AvgIpc) is 2.69. The van der Waals surface area contributed by atoms with Crippen LogP contribution in [-0.4, -0.2) is 36.4 Å². The second-order valence-electron chi connectivity index (χ2n) is 6.41. The summed E-state index contributed by atoms with van der Waals surface area (Å²) in [5.41, 5.74) is -1.27. The monoisotopic (exact) mass is 486 g/mol. The third-order valence-electron chi connectivity index (χ3n) is 4.18. The van der Waals surface area contributed by atoms with Crippen LogP contribution in [0.3, 0.4) is 0 Å². The lowest BCUT2D eigenvalue weighted by Crippen LogP contribution is -2.38. The van der Waals surface area contributed by atoms with Crippen molar-refractivity contribution >= 4 is 33.4 Å². The summed E-state index contributed by atoms with van der Waals surface area (Å²) in [6.45, 7) is 1.96. The van der Waals surface area contributed by atoms with Crippen LogP contribution in [0.4, 0.5) is 18.9 Å². The quantitative estimate of drug-likeness (QED) is 0.500. The first-order valence-corrected chi connectivity index (χ1v) is 10.1. The molecule has 0 aliphatic heterocycles. The molecular formula is C21H22BrF3N2O3. The minimum absolute atomic E-state index is 0.161. The Bertz CT molecular complexity index is 875. The van der Waals surface area contributed by atoms with Gasteiger partial charge < -0.3 is 15.0 Å². The maximum Gasteiger partial charge on any atom is 0.418 e. The summed E-state index contributed by atoms with van der Waals surface area (Å²) < 4.78 is 45.6. The molecule has 0 unspecified atom stereocenters. The van der Waals surface area contributed by atoms with E-state index in [-0.39, 0.29) is 31.1 Å². The molecule has 2 rings (SSSR count). The van der Waals surface area contributed by atoms with Crippen LogP contribution in [-0.2, 0) is 15.8 Å². The molecule has 5 nitrogen and oxygen atoms in total. The molecule has 0 aliphatic carbocycles. The molecule has 2 aromatic carbocycles. The molecular weight excluding hydrogens is 465 g/mol. The molecule has 0 fully saturated rings. The first kappa shape index (κ1) is 23.7. The summed E-state index contributed by atoms with van der Waals surface area (Å²) in [6.07, 6.45) is -3.98. The first-order valence-electron chi connectivity index (χ1n) is 9.33. The number of nitrogens with zero attached hydrogens (tertiary/aromatic N) is 1. The fourth-order valence-electron chi connectivity index (χ4n) is 2.71. The molecule has 0 spiro atoms. The Balaban J connectivity index is 1.84. The van der Waals surface area contributed by atoms with Crippen molar-refractivity contribution in [3.63, 3.8) is 0 Å². The van der Waals surface area contributed by atoms with Crippen LogP contribution in [0.25, 0.3) is 0 Å². The van der Waals surface area contributed by atoms with Crippen molar-refractivity contribution in [1.82, 2.24) is 4.90 Å². The highest BCUT2D eigenvalue weighted by atomic mass is 79.9. The fourth-order valence-corrected chi connectivity index (χ4v) is 3.09. The van der Waals surface area contributed by atoms with Crippen molar-refractivity contribution in [3.8, 4) is 5.75 Å². The number of carbonyl (C=O) groups is 2. The zero-order valence-electron chi connectivity index (χ0n) is 16.3. The standard InChI is InChI=1S/C21H22BrF3N2O3/c1-2-27(20(29)11-6-12-30-16-8-5-7-15(22)13-16)14-19(28)26-18-10-4-3-9-17(18)21(23,24)25/h3-5,7-10,13H,2,6,11-12,14H2,1H3,(H,26,28). The minimum Gasteiger partial charge on any atom is -0.494 e. The molecule has 0 radical (unpaired) electrons. The Morgan fingerprint density at radius 3 is 2.53 bits per heavy atom. The Morgan fingerprint density at radius 2 is 1.87 bits per heavy atom. The van der Waals surface area contributed by atoms with Gasteiger partial charge in [0.1, 0.15) is 5.75 Å². The average molecular weight is 487 g/mol. The van der Waals surface area contributed by atoms with Crippen molar-refractivity contribution in [2.45, 2.75) is 25.9 Å². The summed E-state index contributed by atoms with van der Waals surface area (Å²) in [5.74, 6) is -0.284. The van der Waals surface area contributed by atoms with Crippen LogP contribution in [0, 0.1) is 0 Å². The lowest BCUT2D eigenvalue weighted by atomic mass is 10.1. The van der Waals surface area contributed by atoms with Crippen LogP contribution in [0.5, 0.6) is 5.75 Å². The van der Waals surface area contributed by atoms with Gasteiger partial charge in [0.15, 0.2) is 0 Å². The van der Waals surface area contributed by atoms with Gasteiger partial charge in [0.25, 0.3) is 0 Å². The summed E-state index contributed by atoms with van der Waals surface area (Å²) in [5, 5.41) is 2.25. The minimum atomic E-state index is -4.58. The molecule has 0 aromatic heterocycles. The van der Waals surface area contributed by atoms with Crippen LogP contribution < -0.4 is 10.1 Å². The summed E-state index contributed by atoms with van der Waals surface area (Å²) in [7, 11) is 0. The highest BCUT2D eigenvalue weighted by Gasteiger charge is 2.33. The number of hydrogen-bond acceptors (Lipinski definition) is 3. The number of nitrogens with one attached hydrogen (secondary N) is 1. The third-order valence-corrected chi connectivity index (χ3v) is 4.67. The highest BCUT2D eigenvalue weighted by molar-refractivity contribution is 9.10. The molecule has 0 heterocycles. The van der Waals surface area contributed by atoms with E-state index in [2.05, 4.69) is 21.2 Å². The maximum atomic E-state index is 13.0. The van der Waals surface area contributed by atoms with Crippen molar-refractivity contribution in [3.05, 3.63) is 58.6 Å². The number of hydrogen-bond donors (Lipinski definition) is 1.